The second-order valence-corrected chi connectivity index (χ2v) is 5.05. The van der Waals surface area contributed by atoms with Crippen LogP contribution in [-0.2, 0) is 9.53 Å². The van der Waals surface area contributed by atoms with E-state index >= 15 is 0 Å². The van der Waals surface area contributed by atoms with Crippen LogP contribution in [0.25, 0.3) is 0 Å². The van der Waals surface area contributed by atoms with E-state index in [2.05, 4.69) is 15.4 Å². The van der Waals surface area contributed by atoms with Gasteiger partial charge in [-0.15, -0.1) is 0 Å². The number of hydrogen-bond acceptors (Lipinski definition) is 6. The van der Waals surface area contributed by atoms with Crippen LogP contribution in [0.5, 0.6) is 11.5 Å². The largest absolute Gasteiger partial charge is 0.493 e. The van der Waals surface area contributed by atoms with E-state index in [0.717, 1.165) is 5.56 Å². The van der Waals surface area contributed by atoms with Crippen molar-refractivity contribution in [3.63, 3.8) is 0 Å². The average molecular weight is 318 g/mol. The Morgan fingerprint density at radius 1 is 1.30 bits per heavy atom. The van der Waals surface area contributed by atoms with E-state index in [0.29, 0.717) is 37.1 Å². The third kappa shape index (κ3) is 3.11. The second kappa shape index (κ2) is 6.66. The Morgan fingerprint density at radius 3 is 2.96 bits per heavy atom. The number of anilines is 1. The van der Waals surface area contributed by atoms with E-state index < -0.39 is 0 Å². The molecule has 1 N–H and O–H groups in total. The molecule has 0 aliphatic carbocycles. The lowest BCUT2D eigenvalue weighted by Crippen LogP contribution is -2.29. The first-order valence-electron chi connectivity index (χ1n) is 7.22. The molecule has 122 valence electrons. The second-order valence-electron chi connectivity index (χ2n) is 5.05. The highest BCUT2D eigenvalue weighted by molar-refractivity contribution is 5.91. The zero-order valence-electron chi connectivity index (χ0n) is 13.0. The van der Waals surface area contributed by atoms with E-state index in [1.165, 1.54) is 6.33 Å². The Labute approximate surface area is 133 Å². The first-order valence-corrected chi connectivity index (χ1v) is 7.22. The predicted molar refractivity (Wildman–Crippen MR) is 81.8 cm³/mol. The number of hydrogen-bond donors (Lipinski definition) is 1. The maximum atomic E-state index is 11.8. The summed E-state index contributed by atoms with van der Waals surface area (Å²) in [7, 11) is 3.20. The van der Waals surface area contributed by atoms with E-state index in [-0.39, 0.29) is 11.9 Å². The summed E-state index contributed by atoms with van der Waals surface area (Å²) in [5, 5.41) is 6.88. The van der Waals surface area contributed by atoms with Crippen LogP contribution in [0.2, 0.25) is 0 Å². The third-order valence-corrected chi connectivity index (χ3v) is 3.62. The van der Waals surface area contributed by atoms with Crippen LogP contribution in [0.4, 0.5) is 5.95 Å². The molecule has 2 heterocycles. The Bertz CT molecular complexity index is 701. The fourth-order valence-corrected chi connectivity index (χ4v) is 2.51. The molecule has 0 saturated carbocycles. The Hall–Kier alpha value is -2.61. The molecule has 1 aromatic heterocycles. The van der Waals surface area contributed by atoms with Gasteiger partial charge in [-0.05, 0) is 17.7 Å². The van der Waals surface area contributed by atoms with Crippen LogP contribution in [-0.4, -0.2) is 48.1 Å². The lowest BCUT2D eigenvalue weighted by atomic mass is 10.0. The van der Waals surface area contributed by atoms with Gasteiger partial charge in [0.1, 0.15) is 12.9 Å². The maximum absolute atomic E-state index is 11.8. The SMILES string of the molecule is COCCOc1ccc([C@H]2CC(=O)Nc3ncnn32)cc1OC. The number of amides is 1. The molecule has 23 heavy (non-hydrogen) atoms. The highest BCUT2D eigenvalue weighted by Crippen LogP contribution is 2.34. The number of carbonyl (C=O) groups excluding carboxylic acids is 1. The van der Waals surface area contributed by atoms with E-state index in [1.54, 1.807) is 18.9 Å². The molecule has 1 atom stereocenters. The highest BCUT2D eigenvalue weighted by Gasteiger charge is 2.28. The molecular formula is C15H18N4O4. The Kier molecular flexibility index (Phi) is 4.42. The van der Waals surface area contributed by atoms with Crippen molar-refractivity contribution in [1.82, 2.24) is 14.8 Å². The van der Waals surface area contributed by atoms with Gasteiger partial charge in [-0.1, -0.05) is 6.07 Å². The van der Waals surface area contributed by atoms with Crippen molar-refractivity contribution in [2.75, 3.05) is 32.8 Å². The molecule has 8 heteroatoms. The van der Waals surface area contributed by atoms with Gasteiger partial charge in [-0.3, -0.25) is 10.1 Å². The van der Waals surface area contributed by atoms with Crippen LogP contribution in [0, 0.1) is 0 Å². The van der Waals surface area contributed by atoms with E-state index in [4.69, 9.17) is 14.2 Å². The lowest BCUT2D eigenvalue weighted by molar-refractivity contribution is -0.117. The van der Waals surface area contributed by atoms with Gasteiger partial charge in [0.05, 0.1) is 26.2 Å². The van der Waals surface area contributed by atoms with Gasteiger partial charge in [-0.25, -0.2) is 4.68 Å². The van der Waals surface area contributed by atoms with Gasteiger partial charge < -0.3 is 14.2 Å². The quantitative estimate of drug-likeness (QED) is 0.806. The minimum atomic E-state index is -0.219. The Balaban J connectivity index is 1.88. The minimum absolute atomic E-state index is 0.0881. The highest BCUT2D eigenvalue weighted by atomic mass is 16.5. The molecule has 1 aromatic carbocycles. The van der Waals surface area contributed by atoms with Crippen molar-refractivity contribution >= 4 is 11.9 Å². The predicted octanol–water partition coefficient (Wildman–Crippen LogP) is 1.24. The molecule has 1 aliphatic heterocycles. The standard InChI is InChI=1S/C15H18N4O4/c1-21-5-6-23-12-4-3-10(7-13(12)22-2)11-8-14(20)18-15-16-9-17-19(11)15/h3-4,7,9,11H,5-6,8H2,1-2H3,(H,16,17,18,20)/t11-/m1/s1. The molecule has 1 amide bonds. The first-order chi connectivity index (χ1) is 11.2. The summed E-state index contributed by atoms with van der Waals surface area (Å²) in [6.07, 6.45) is 1.72. The lowest BCUT2D eigenvalue weighted by Gasteiger charge is -2.24. The van der Waals surface area contributed by atoms with Gasteiger partial charge in [-0.2, -0.15) is 10.1 Å². The molecule has 0 saturated heterocycles. The molecule has 0 fully saturated rings. The normalized spacial score (nSPS) is 16.6. The van der Waals surface area contributed by atoms with Gasteiger partial charge >= 0.3 is 0 Å². The number of aromatic nitrogens is 3. The number of ether oxygens (including phenoxy) is 3. The van der Waals surface area contributed by atoms with E-state index in [1.807, 2.05) is 18.2 Å². The number of rotatable bonds is 6. The summed E-state index contributed by atoms with van der Waals surface area (Å²) < 4.78 is 17.7. The van der Waals surface area contributed by atoms with Gasteiger partial charge in [0, 0.05) is 7.11 Å². The summed E-state index contributed by atoms with van der Waals surface area (Å²) >= 11 is 0. The van der Waals surface area contributed by atoms with Gasteiger partial charge in [0.15, 0.2) is 11.5 Å². The molecule has 0 bridgehead atoms. The topological polar surface area (TPSA) is 87.5 Å². The number of nitrogens with zero attached hydrogens (tertiary/aromatic N) is 3. The van der Waals surface area contributed by atoms with Crippen LogP contribution in [0.15, 0.2) is 24.5 Å². The van der Waals surface area contributed by atoms with Crippen LogP contribution in [0.3, 0.4) is 0 Å². The maximum Gasteiger partial charge on any atom is 0.229 e. The van der Waals surface area contributed by atoms with E-state index in [9.17, 15) is 4.79 Å². The number of carbonyl (C=O) groups is 1. The van der Waals surface area contributed by atoms with Crippen molar-refractivity contribution in [2.24, 2.45) is 0 Å². The molecule has 0 unspecified atom stereocenters. The first kappa shape index (κ1) is 15.3. The molecule has 2 aromatic rings. The molecule has 0 spiro atoms. The van der Waals surface area contributed by atoms with Crippen molar-refractivity contribution in [2.45, 2.75) is 12.5 Å². The van der Waals surface area contributed by atoms with Crippen LogP contribution in [0.1, 0.15) is 18.0 Å². The fraction of sp³-hybridized carbons (Fsp3) is 0.400. The summed E-state index contributed by atoms with van der Waals surface area (Å²) in [6, 6.07) is 5.37. The summed E-state index contributed by atoms with van der Waals surface area (Å²) in [5.74, 6) is 1.60. The van der Waals surface area contributed by atoms with Crippen LogP contribution < -0.4 is 14.8 Å². The van der Waals surface area contributed by atoms with Crippen LogP contribution >= 0.6 is 0 Å². The summed E-state index contributed by atoms with van der Waals surface area (Å²) in [6.45, 7) is 0.932. The minimum Gasteiger partial charge on any atom is -0.493 e. The zero-order chi connectivity index (χ0) is 16.2. The third-order valence-electron chi connectivity index (χ3n) is 3.62. The smallest absolute Gasteiger partial charge is 0.229 e. The molecule has 1 aliphatic rings. The molecule has 0 radical (unpaired) electrons. The number of methoxy groups -OCH3 is 2. The van der Waals surface area contributed by atoms with Gasteiger partial charge in [0.25, 0.3) is 0 Å². The zero-order valence-corrected chi connectivity index (χ0v) is 13.0. The number of benzene rings is 1. The number of nitrogens with one attached hydrogen (secondary N) is 1. The van der Waals surface area contributed by atoms with Crippen molar-refractivity contribution < 1.29 is 19.0 Å². The van der Waals surface area contributed by atoms with Crippen molar-refractivity contribution in [1.29, 1.82) is 0 Å². The summed E-state index contributed by atoms with van der Waals surface area (Å²) in [4.78, 5) is 15.9. The monoisotopic (exact) mass is 318 g/mol. The molecule has 3 rings (SSSR count). The number of fused-ring (bicyclic) bond motifs is 1. The van der Waals surface area contributed by atoms with Gasteiger partial charge in [0.2, 0.25) is 11.9 Å². The summed E-state index contributed by atoms with van der Waals surface area (Å²) in [5.41, 5.74) is 0.905. The van der Waals surface area contributed by atoms with Crippen molar-refractivity contribution in [3.8, 4) is 11.5 Å². The van der Waals surface area contributed by atoms with Crippen molar-refractivity contribution in [3.05, 3.63) is 30.1 Å². The molecular weight excluding hydrogens is 300 g/mol. The average Bonchev–Trinajstić information content (AvgIpc) is 3.02. The Morgan fingerprint density at radius 2 is 2.17 bits per heavy atom. The molecule has 8 nitrogen and oxygen atoms in total. The fourth-order valence-electron chi connectivity index (χ4n) is 2.51.